The number of anilines is 1. The van der Waals surface area contributed by atoms with Crippen molar-refractivity contribution in [3.8, 4) is 22.8 Å². The Morgan fingerprint density at radius 2 is 1.83 bits per heavy atom. The number of nitrogen functional groups attached to an aromatic ring is 1. The van der Waals surface area contributed by atoms with E-state index in [9.17, 15) is 5.11 Å². The lowest BCUT2D eigenvalue weighted by Gasteiger charge is -2.11. The number of hydrogen-bond acceptors (Lipinski definition) is 4. The lowest BCUT2D eigenvalue weighted by molar-refractivity contribution is 0.477. The maximum absolute atomic E-state index is 10.3. The number of nitrogens with two attached hydrogens (primary N) is 1. The fourth-order valence-electron chi connectivity index (χ4n) is 2.84. The average Bonchev–Trinajstić information content (AvgIpc) is 2.95. The second kappa shape index (κ2) is 5.50. The number of H-pyrrole nitrogens is 1. The molecule has 0 radical (unpaired) electrons. The van der Waals surface area contributed by atoms with Crippen LogP contribution in [-0.2, 0) is 0 Å². The highest BCUT2D eigenvalue weighted by molar-refractivity contribution is 7.71. The number of nitrogens with one attached hydrogen (secondary N) is 1. The third kappa shape index (κ3) is 2.24. The first-order valence-corrected chi connectivity index (χ1v) is 7.80. The van der Waals surface area contributed by atoms with Crippen molar-refractivity contribution in [2.24, 2.45) is 0 Å². The van der Waals surface area contributed by atoms with Crippen molar-refractivity contribution >= 4 is 28.7 Å². The Morgan fingerprint density at radius 3 is 2.67 bits per heavy atom. The van der Waals surface area contributed by atoms with E-state index >= 15 is 0 Å². The molecule has 0 unspecified atom stereocenters. The van der Waals surface area contributed by atoms with E-state index in [1.807, 2.05) is 47.0 Å². The van der Waals surface area contributed by atoms with Gasteiger partial charge in [-0.3, -0.25) is 9.67 Å². The lowest BCUT2D eigenvalue weighted by atomic mass is 10.1. The molecule has 4 aromatic rings. The van der Waals surface area contributed by atoms with Gasteiger partial charge in [0, 0.05) is 17.1 Å². The van der Waals surface area contributed by atoms with Crippen molar-refractivity contribution in [3.05, 3.63) is 65.4 Å². The Kier molecular flexibility index (Phi) is 3.32. The molecule has 0 saturated carbocycles. The molecule has 0 bridgehead atoms. The molecular formula is C18H14N4OS. The van der Waals surface area contributed by atoms with E-state index in [1.165, 1.54) is 6.07 Å². The van der Waals surface area contributed by atoms with Crippen molar-refractivity contribution in [2.75, 3.05) is 5.73 Å². The summed E-state index contributed by atoms with van der Waals surface area (Å²) in [7, 11) is 0. The van der Waals surface area contributed by atoms with E-state index in [0.717, 1.165) is 16.5 Å². The number of nitrogens with zero attached hydrogens (tertiary/aromatic N) is 2. The largest absolute Gasteiger partial charge is 0.507 e. The second-order valence-corrected chi connectivity index (χ2v) is 5.85. The molecule has 1 aromatic heterocycles. The standard InChI is InChI=1S/C18H14N4OS/c19-12-8-9-14(16(23)10-12)17-20-21-18(24)22(17)15-7-3-5-11-4-1-2-6-13(11)15/h1-10,23H,19H2,(H,21,24). The van der Waals surface area contributed by atoms with Crippen LogP contribution in [0.15, 0.2) is 60.7 Å². The summed E-state index contributed by atoms with van der Waals surface area (Å²) in [6, 6.07) is 19.0. The number of benzene rings is 3. The number of fused-ring (bicyclic) bond motifs is 1. The van der Waals surface area contributed by atoms with Gasteiger partial charge < -0.3 is 10.8 Å². The molecule has 0 atom stereocenters. The zero-order valence-corrected chi connectivity index (χ0v) is 13.4. The van der Waals surface area contributed by atoms with Gasteiger partial charge in [0.15, 0.2) is 10.6 Å². The smallest absolute Gasteiger partial charge is 0.200 e. The van der Waals surface area contributed by atoms with E-state index in [4.69, 9.17) is 18.0 Å². The molecule has 0 spiro atoms. The van der Waals surface area contributed by atoms with Crippen LogP contribution in [-0.4, -0.2) is 19.9 Å². The first-order chi connectivity index (χ1) is 11.6. The molecule has 24 heavy (non-hydrogen) atoms. The Hall–Kier alpha value is -3.12. The van der Waals surface area contributed by atoms with E-state index in [1.54, 1.807) is 12.1 Å². The minimum Gasteiger partial charge on any atom is -0.507 e. The number of aromatic hydroxyl groups is 1. The minimum atomic E-state index is 0.0606. The van der Waals surface area contributed by atoms with E-state index < -0.39 is 0 Å². The molecule has 0 saturated heterocycles. The normalized spacial score (nSPS) is 11.0. The topological polar surface area (TPSA) is 79.9 Å². The SMILES string of the molecule is Nc1ccc(-c2n[nH]c(=S)n2-c2cccc3ccccc23)c(O)c1. The van der Waals surface area contributed by atoms with Crippen molar-refractivity contribution in [3.63, 3.8) is 0 Å². The zero-order valence-electron chi connectivity index (χ0n) is 12.6. The van der Waals surface area contributed by atoms with Gasteiger partial charge in [-0.05, 0) is 35.8 Å². The summed E-state index contributed by atoms with van der Waals surface area (Å²) in [6.07, 6.45) is 0. The quantitative estimate of drug-likeness (QED) is 0.382. The van der Waals surface area contributed by atoms with Crippen LogP contribution >= 0.6 is 12.2 Å². The number of aromatic nitrogens is 3. The fourth-order valence-corrected chi connectivity index (χ4v) is 3.07. The molecule has 3 aromatic carbocycles. The Morgan fingerprint density at radius 1 is 1.04 bits per heavy atom. The number of rotatable bonds is 2. The molecule has 0 aliphatic rings. The number of phenolic OH excluding ortho intramolecular Hbond substituents is 1. The molecule has 5 nitrogen and oxygen atoms in total. The minimum absolute atomic E-state index is 0.0606. The van der Waals surface area contributed by atoms with Crippen molar-refractivity contribution in [1.29, 1.82) is 0 Å². The molecule has 6 heteroatoms. The van der Waals surface area contributed by atoms with E-state index in [0.29, 0.717) is 21.8 Å². The molecule has 118 valence electrons. The fraction of sp³-hybridized carbons (Fsp3) is 0. The number of aromatic amines is 1. The highest BCUT2D eigenvalue weighted by Gasteiger charge is 2.16. The van der Waals surface area contributed by atoms with Crippen LogP contribution in [0.2, 0.25) is 0 Å². The number of hydrogen-bond donors (Lipinski definition) is 3. The van der Waals surface area contributed by atoms with Crippen molar-refractivity contribution < 1.29 is 5.11 Å². The Bertz CT molecular complexity index is 1110. The summed E-state index contributed by atoms with van der Waals surface area (Å²) in [6.45, 7) is 0. The molecule has 4 rings (SSSR count). The average molecular weight is 334 g/mol. The molecule has 0 aliphatic heterocycles. The van der Waals surface area contributed by atoms with Crippen molar-refractivity contribution in [2.45, 2.75) is 0 Å². The lowest BCUT2D eigenvalue weighted by Crippen LogP contribution is -1.99. The third-order valence-electron chi connectivity index (χ3n) is 3.94. The van der Waals surface area contributed by atoms with Gasteiger partial charge in [-0.2, -0.15) is 5.10 Å². The molecule has 1 heterocycles. The monoisotopic (exact) mass is 334 g/mol. The second-order valence-electron chi connectivity index (χ2n) is 5.46. The highest BCUT2D eigenvalue weighted by Crippen LogP contribution is 2.32. The van der Waals surface area contributed by atoms with Gasteiger partial charge in [0.25, 0.3) is 0 Å². The van der Waals surface area contributed by atoms with Crippen LogP contribution in [0.25, 0.3) is 27.8 Å². The van der Waals surface area contributed by atoms with E-state index in [-0.39, 0.29) is 5.75 Å². The van der Waals surface area contributed by atoms with Crippen LogP contribution in [0.5, 0.6) is 5.75 Å². The Balaban J connectivity index is 2.03. The van der Waals surface area contributed by atoms with Crippen LogP contribution in [0.3, 0.4) is 0 Å². The molecule has 0 fully saturated rings. The summed E-state index contributed by atoms with van der Waals surface area (Å²) in [5, 5.41) is 19.5. The van der Waals surface area contributed by atoms with Gasteiger partial charge in [0.2, 0.25) is 0 Å². The molecule has 4 N–H and O–H groups in total. The zero-order chi connectivity index (χ0) is 16.7. The first-order valence-electron chi connectivity index (χ1n) is 7.39. The summed E-state index contributed by atoms with van der Waals surface area (Å²) < 4.78 is 2.28. The summed E-state index contributed by atoms with van der Waals surface area (Å²) in [5.41, 5.74) is 7.67. The molecular weight excluding hydrogens is 320 g/mol. The van der Waals surface area contributed by atoms with Crippen LogP contribution in [0, 0.1) is 4.77 Å². The van der Waals surface area contributed by atoms with Gasteiger partial charge in [0.05, 0.1) is 11.3 Å². The predicted octanol–water partition coefficient (Wildman–Crippen LogP) is 4.04. The summed E-state index contributed by atoms with van der Waals surface area (Å²) >= 11 is 5.43. The van der Waals surface area contributed by atoms with Crippen LogP contribution in [0.1, 0.15) is 0 Å². The van der Waals surface area contributed by atoms with Gasteiger partial charge in [-0.1, -0.05) is 36.4 Å². The third-order valence-corrected chi connectivity index (χ3v) is 4.22. The number of phenols is 1. The predicted molar refractivity (Wildman–Crippen MR) is 97.8 cm³/mol. The highest BCUT2D eigenvalue weighted by atomic mass is 32.1. The van der Waals surface area contributed by atoms with Gasteiger partial charge in [-0.15, -0.1) is 0 Å². The summed E-state index contributed by atoms with van der Waals surface area (Å²) in [5.74, 6) is 0.597. The van der Waals surface area contributed by atoms with Crippen molar-refractivity contribution in [1.82, 2.24) is 14.8 Å². The van der Waals surface area contributed by atoms with Gasteiger partial charge >= 0.3 is 0 Å². The van der Waals surface area contributed by atoms with Gasteiger partial charge in [0.1, 0.15) is 5.75 Å². The maximum atomic E-state index is 10.3. The first kappa shape index (κ1) is 14.5. The molecule has 0 amide bonds. The molecule has 0 aliphatic carbocycles. The van der Waals surface area contributed by atoms with Crippen LogP contribution in [0.4, 0.5) is 5.69 Å². The Labute approximate surface area is 143 Å². The van der Waals surface area contributed by atoms with E-state index in [2.05, 4.69) is 10.2 Å². The van der Waals surface area contributed by atoms with Gasteiger partial charge in [-0.25, -0.2) is 0 Å². The maximum Gasteiger partial charge on any atom is 0.200 e. The summed E-state index contributed by atoms with van der Waals surface area (Å²) in [4.78, 5) is 0. The van der Waals surface area contributed by atoms with Crippen LogP contribution < -0.4 is 5.73 Å².